The van der Waals surface area contributed by atoms with Crippen molar-refractivity contribution in [3.63, 3.8) is 0 Å². The van der Waals surface area contributed by atoms with Crippen LogP contribution in [0, 0.1) is 0 Å². The van der Waals surface area contributed by atoms with Gasteiger partial charge in [0, 0.05) is 45.0 Å². The third-order valence-electron chi connectivity index (χ3n) is 5.28. The summed E-state index contributed by atoms with van der Waals surface area (Å²) in [5, 5.41) is 6.80. The van der Waals surface area contributed by atoms with Crippen molar-refractivity contribution in [1.29, 1.82) is 0 Å². The fourth-order valence-electron chi connectivity index (χ4n) is 3.84. The van der Waals surface area contributed by atoms with Crippen LogP contribution in [0.3, 0.4) is 0 Å². The maximum atomic E-state index is 12.8. The Morgan fingerprint density at radius 1 is 1.11 bits per heavy atom. The fourth-order valence-corrected chi connectivity index (χ4v) is 4.62. The van der Waals surface area contributed by atoms with Crippen molar-refractivity contribution in [3.05, 3.63) is 47.3 Å². The van der Waals surface area contributed by atoms with Gasteiger partial charge in [-0.1, -0.05) is 18.2 Å². The van der Waals surface area contributed by atoms with Gasteiger partial charge < -0.3 is 20.0 Å². The predicted molar refractivity (Wildman–Crippen MR) is 117 cm³/mol. The maximum absolute atomic E-state index is 12.8. The number of fused-ring (bicyclic) bond motifs is 1. The lowest BCUT2D eigenvalue weighted by Gasteiger charge is -2.37. The highest BCUT2D eigenvalue weighted by Crippen LogP contribution is 2.27. The molecule has 7 heteroatoms. The van der Waals surface area contributed by atoms with Crippen molar-refractivity contribution < 1.29 is 4.79 Å². The van der Waals surface area contributed by atoms with Gasteiger partial charge in [-0.2, -0.15) is 0 Å². The van der Waals surface area contributed by atoms with Crippen LogP contribution in [0.25, 0.3) is 0 Å². The average molecular weight is 398 g/mol. The number of benzene rings is 1. The summed E-state index contributed by atoms with van der Waals surface area (Å²) in [5.74, 6) is 0.909. The Hall–Kier alpha value is -2.54. The number of hydrogen-bond acceptors (Lipinski definition) is 4. The smallest absolute Gasteiger partial charge is 0.248 e. The molecule has 0 radical (unpaired) electrons. The zero-order valence-corrected chi connectivity index (χ0v) is 17.1. The number of guanidine groups is 1. The lowest BCUT2D eigenvalue weighted by Crippen LogP contribution is -2.52. The van der Waals surface area contributed by atoms with Crippen LogP contribution in [-0.4, -0.2) is 62.6 Å². The van der Waals surface area contributed by atoms with E-state index in [1.165, 1.54) is 10.6 Å². The number of nitrogens with zero attached hydrogens (tertiary/aromatic N) is 4. The molecule has 1 aromatic carbocycles. The molecule has 6 nitrogen and oxygen atoms in total. The van der Waals surface area contributed by atoms with Crippen LogP contribution >= 0.6 is 11.3 Å². The Balaban J connectivity index is 1.38. The van der Waals surface area contributed by atoms with Crippen LogP contribution in [0.2, 0.25) is 0 Å². The lowest BCUT2D eigenvalue weighted by atomic mass is 10.2. The number of amides is 1. The Bertz CT molecular complexity index is 827. The Labute approximate surface area is 170 Å². The molecular formula is C21H27N5OS. The van der Waals surface area contributed by atoms with Crippen LogP contribution in [-0.2, 0) is 11.2 Å². The van der Waals surface area contributed by atoms with Crippen molar-refractivity contribution in [2.24, 2.45) is 4.99 Å². The number of hydrogen-bond donors (Lipinski definition) is 1. The Morgan fingerprint density at radius 3 is 2.68 bits per heavy atom. The van der Waals surface area contributed by atoms with Gasteiger partial charge in [-0.25, -0.2) is 4.99 Å². The quantitative estimate of drug-likeness (QED) is 0.636. The van der Waals surface area contributed by atoms with Crippen LogP contribution in [0.15, 0.2) is 46.8 Å². The molecule has 1 amide bonds. The molecule has 0 aliphatic carbocycles. The second kappa shape index (κ2) is 8.65. The van der Waals surface area contributed by atoms with Crippen molar-refractivity contribution in [3.8, 4) is 0 Å². The normalized spacial score (nSPS) is 17.0. The van der Waals surface area contributed by atoms with Crippen LogP contribution in [0.5, 0.6) is 0 Å². The van der Waals surface area contributed by atoms with E-state index in [0.717, 1.165) is 57.3 Å². The molecule has 4 rings (SSSR count). The summed E-state index contributed by atoms with van der Waals surface area (Å²) in [6, 6.07) is 12.4. The van der Waals surface area contributed by atoms with Crippen molar-refractivity contribution in [1.82, 2.24) is 10.2 Å². The summed E-state index contributed by atoms with van der Waals surface area (Å²) in [6.45, 7) is 7.55. The van der Waals surface area contributed by atoms with Crippen molar-refractivity contribution in [2.45, 2.75) is 13.3 Å². The number of thiophene rings is 1. The molecule has 0 bridgehead atoms. The second-order valence-electron chi connectivity index (χ2n) is 7.02. The Kier molecular flexibility index (Phi) is 5.81. The molecule has 0 atom stereocenters. The lowest BCUT2D eigenvalue weighted by molar-refractivity contribution is -0.117. The summed E-state index contributed by atoms with van der Waals surface area (Å²) >= 11 is 1.78. The van der Waals surface area contributed by atoms with Crippen molar-refractivity contribution >= 4 is 33.9 Å². The molecule has 148 valence electrons. The largest absolute Gasteiger partial charge is 0.360 e. The maximum Gasteiger partial charge on any atom is 0.248 e. The van der Waals surface area contributed by atoms with E-state index >= 15 is 0 Å². The molecule has 0 saturated carbocycles. The molecule has 3 heterocycles. The zero-order valence-electron chi connectivity index (χ0n) is 16.3. The van der Waals surface area contributed by atoms with E-state index in [4.69, 9.17) is 0 Å². The molecule has 1 fully saturated rings. The monoisotopic (exact) mass is 397 g/mol. The number of carbonyl (C=O) groups is 1. The van der Waals surface area contributed by atoms with E-state index in [1.807, 2.05) is 23.1 Å². The molecule has 2 aromatic rings. The summed E-state index contributed by atoms with van der Waals surface area (Å²) in [6.07, 6.45) is 0.927. The van der Waals surface area contributed by atoms with E-state index in [0.29, 0.717) is 0 Å². The van der Waals surface area contributed by atoms with Gasteiger partial charge in [0.2, 0.25) is 5.91 Å². The standard InChI is InChI=1S/C21H27N5OS/c1-2-22-21(25-13-11-24(12-14-25)20-8-5-15-28-20)23-16-19(27)26-10-9-17-6-3-4-7-18(17)26/h3-8,15H,2,9-14,16H2,1H3,(H,22,23). The van der Waals surface area contributed by atoms with E-state index in [-0.39, 0.29) is 12.5 Å². The number of aliphatic imine (C=N–C) groups is 1. The Morgan fingerprint density at radius 2 is 1.93 bits per heavy atom. The molecular weight excluding hydrogens is 370 g/mol. The molecule has 28 heavy (non-hydrogen) atoms. The minimum Gasteiger partial charge on any atom is -0.360 e. The van der Waals surface area contributed by atoms with Gasteiger partial charge in [-0.3, -0.25) is 4.79 Å². The van der Waals surface area contributed by atoms with E-state index in [1.54, 1.807) is 11.3 Å². The van der Waals surface area contributed by atoms with Crippen LogP contribution in [0.4, 0.5) is 10.7 Å². The van der Waals surface area contributed by atoms with E-state index in [2.05, 4.69) is 50.6 Å². The summed E-state index contributed by atoms with van der Waals surface area (Å²) in [4.78, 5) is 24.0. The minimum absolute atomic E-state index is 0.0672. The van der Waals surface area contributed by atoms with Gasteiger partial charge in [0.25, 0.3) is 0 Å². The second-order valence-corrected chi connectivity index (χ2v) is 7.95. The number of piperazine rings is 1. The number of rotatable bonds is 4. The summed E-state index contributed by atoms with van der Waals surface area (Å²) in [7, 11) is 0. The first-order valence-corrected chi connectivity index (χ1v) is 10.8. The highest BCUT2D eigenvalue weighted by molar-refractivity contribution is 7.14. The van der Waals surface area contributed by atoms with Gasteiger partial charge >= 0.3 is 0 Å². The third kappa shape index (κ3) is 3.99. The highest BCUT2D eigenvalue weighted by atomic mass is 32.1. The van der Waals surface area contributed by atoms with E-state index in [9.17, 15) is 4.79 Å². The SMILES string of the molecule is CCNC(=NCC(=O)N1CCc2ccccc21)N1CCN(c2cccs2)CC1. The van der Waals surface area contributed by atoms with Gasteiger partial charge in [0.15, 0.2) is 5.96 Å². The fraction of sp³-hybridized carbons (Fsp3) is 0.429. The van der Waals surface area contributed by atoms with Crippen LogP contribution in [0.1, 0.15) is 12.5 Å². The predicted octanol–water partition coefficient (Wildman–Crippen LogP) is 2.42. The van der Waals surface area contributed by atoms with Crippen LogP contribution < -0.4 is 15.1 Å². The summed E-state index contributed by atoms with van der Waals surface area (Å²) < 4.78 is 0. The highest BCUT2D eigenvalue weighted by Gasteiger charge is 2.25. The molecule has 2 aliphatic rings. The van der Waals surface area contributed by atoms with Gasteiger partial charge in [-0.15, -0.1) is 11.3 Å². The van der Waals surface area contributed by atoms with E-state index < -0.39 is 0 Å². The van der Waals surface area contributed by atoms with Gasteiger partial charge in [-0.05, 0) is 42.5 Å². The minimum atomic E-state index is 0.0672. The number of anilines is 2. The third-order valence-corrected chi connectivity index (χ3v) is 6.21. The average Bonchev–Trinajstić information content (AvgIpc) is 3.41. The first-order chi connectivity index (χ1) is 13.8. The molecule has 1 N–H and O–H groups in total. The van der Waals surface area contributed by atoms with Gasteiger partial charge in [0.05, 0.1) is 5.00 Å². The number of carbonyl (C=O) groups excluding carboxylic acids is 1. The molecule has 2 aliphatic heterocycles. The first kappa shape index (κ1) is 18.8. The summed E-state index contributed by atoms with van der Waals surface area (Å²) in [5.41, 5.74) is 2.29. The zero-order chi connectivity index (χ0) is 19.3. The van der Waals surface area contributed by atoms with Crippen molar-refractivity contribution in [2.75, 3.05) is 55.6 Å². The molecule has 1 aromatic heterocycles. The molecule has 1 saturated heterocycles. The topological polar surface area (TPSA) is 51.2 Å². The van der Waals surface area contributed by atoms with Gasteiger partial charge in [0.1, 0.15) is 6.54 Å². The number of para-hydroxylation sites is 1. The molecule has 0 spiro atoms. The molecule has 0 unspecified atom stereocenters. The number of nitrogens with one attached hydrogen (secondary N) is 1. The first-order valence-electron chi connectivity index (χ1n) is 9.96.